The van der Waals surface area contributed by atoms with Crippen molar-refractivity contribution >= 4 is 5.91 Å². The van der Waals surface area contributed by atoms with Gasteiger partial charge in [-0.2, -0.15) is 0 Å². The predicted molar refractivity (Wildman–Crippen MR) is 119 cm³/mol. The molecule has 0 aliphatic heterocycles. The largest absolute Gasteiger partial charge is 0.345 e. The Morgan fingerprint density at radius 1 is 1.00 bits per heavy atom. The maximum atomic E-state index is 13.0. The molecule has 0 saturated carbocycles. The van der Waals surface area contributed by atoms with Crippen LogP contribution in [0.5, 0.6) is 0 Å². The van der Waals surface area contributed by atoms with Crippen molar-refractivity contribution in [3.8, 4) is 11.1 Å². The molecule has 1 N–H and O–H groups in total. The van der Waals surface area contributed by atoms with E-state index in [-0.39, 0.29) is 11.9 Å². The fourth-order valence-electron chi connectivity index (χ4n) is 3.29. The summed E-state index contributed by atoms with van der Waals surface area (Å²) in [7, 11) is 4.07. The van der Waals surface area contributed by atoms with E-state index in [1.807, 2.05) is 58.4 Å². The smallest absolute Gasteiger partial charge is 0.251 e. The number of pyridine rings is 1. The zero-order valence-electron chi connectivity index (χ0n) is 17.9. The summed E-state index contributed by atoms with van der Waals surface area (Å²) in [4.78, 5) is 19.5. The van der Waals surface area contributed by atoms with Crippen molar-refractivity contribution in [3.63, 3.8) is 0 Å². The van der Waals surface area contributed by atoms with Gasteiger partial charge in [0.1, 0.15) is 0 Å². The van der Waals surface area contributed by atoms with E-state index in [1.54, 1.807) is 0 Å². The highest BCUT2D eigenvalue weighted by Crippen LogP contribution is 2.24. The fraction of sp³-hybridized carbons (Fsp3) is 0.280. The Hall–Kier alpha value is -2.98. The summed E-state index contributed by atoms with van der Waals surface area (Å²) in [5.41, 5.74) is 7.13. The minimum atomic E-state index is -0.115. The number of nitrogens with one attached hydrogen (secondary N) is 1. The second-order valence-corrected chi connectivity index (χ2v) is 7.95. The molecule has 3 rings (SSSR count). The molecule has 0 spiro atoms. The van der Waals surface area contributed by atoms with E-state index < -0.39 is 0 Å². The molecular formula is C25H29N3O. The molecule has 3 aromatic rings. The van der Waals surface area contributed by atoms with Crippen LogP contribution in [0.3, 0.4) is 0 Å². The molecule has 0 aliphatic carbocycles. The molecule has 1 heterocycles. The summed E-state index contributed by atoms with van der Waals surface area (Å²) in [6.07, 6.45) is 1.82. The van der Waals surface area contributed by atoms with Crippen LogP contribution in [0.1, 0.15) is 45.7 Å². The zero-order valence-corrected chi connectivity index (χ0v) is 17.9. The minimum absolute atomic E-state index is 0.0768. The highest BCUT2D eigenvalue weighted by molar-refractivity contribution is 5.96. The monoisotopic (exact) mass is 387 g/mol. The maximum Gasteiger partial charge on any atom is 0.251 e. The first kappa shape index (κ1) is 20.7. The van der Waals surface area contributed by atoms with E-state index in [2.05, 4.69) is 52.5 Å². The van der Waals surface area contributed by atoms with Gasteiger partial charge >= 0.3 is 0 Å². The molecule has 0 bridgehead atoms. The van der Waals surface area contributed by atoms with Crippen LogP contribution >= 0.6 is 0 Å². The Labute approximate surface area is 173 Å². The summed E-state index contributed by atoms with van der Waals surface area (Å²) in [5.74, 6) is -0.0768. The van der Waals surface area contributed by atoms with Crippen LogP contribution in [-0.2, 0) is 6.54 Å². The first-order valence-corrected chi connectivity index (χ1v) is 9.91. The number of carbonyl (C=O) groups is 1. The molecule has 0 fully saturated rings. The molecule has 0 unspecified atom stereocenters. The molecule has 4 heteroatoms. The van der Waals surface area contributed by atoms with Gasteiger partial charge in [0.2, 0.25) is 0 Å². The van der Waals surface area contributed by atoms with Crippen molar-refractivity contribution in [2.45, 2.75) is 33.4 Å². The highest BCUT2D eigenvalue weighted by Gasteiger charge is 2.14. The molecule has 1 aromatic heterocycles. The Bertz CT molecular complexity index is 976. The number of amides is 1. The predicted octanol–water partition coefficient (Wildman–Crippen LogP) is 4.92. The van der Waals surface area contributed by atoms with Crippen molar-refractivity contribution in [2.24, 2.45) is 0 Å². The van der Waals surface area contributed by atoms with Crippen molar-refractivity contribution < 1.29 is 4.79 Å². The normalized spacial score (nSPS) is 12.1. The van der Waals surface area contributed by atoms with Crippen LogP contribution < -0.4 is 5.32 Å². The van der Waals surface area contributed by atoms with Crippen LogP contribution in [0.2, 0.25) is 0 Å². The van der Waals surface area contributed by atoms with Crippen molar-refractivity contribution in [1.29, 1.82) is 0 Å². The fourth-order valence-corrected chi connectivity index (χ4v) is 3.29. The number of carbonyl (C=O) groups excluding carboxylic acids is 1. The van der Waals surface area contributed by atoms with E-state index in [4.69, 9.17) is 0 Å². The molecule has 1 amide bonds. The molecular weight excluding hydrogens is 358 g/mol. The first-order chi connectivity index (χ1) is 13.8. The lowest BCUT2D eigenvalue weighted by Crippen LogP contribution is -2.27. The molecule has 1 atom stereocenters. The summed E-state index contributed by atoms with van der Waals surface area (Å²) < 4.78 is 0. The van der Waals surface area contributed by atoms with Gasteiger partial charge in [-0.3, -0.25) is 9.78 Å². The van der Waals surface area contributed by atoms with Crippen LogP contribution in [0, 0.1) is 13.8 Å². The van der Waals surface area contributed by atoms with Crippen molar-refractivity contribution in [2.75, 3.05) is 14.1 Å². The van der Waals surface area contributed by atoms with Crippen LogP contribution in [0.15, 0.2) is 60.8 Å². The highest BCUT2D eigenvalue weighted by atomic mass is 16.1. The van der Waals surface area contributed by atoms with Crippen molar-refractivity contribution in [1.82, 2.24) is 15.2 Å². The van der Waals surface area contributed by atoms with E-state index in [9.17, 15) is 4.79 Å². The number of rotatable bonds is 6. The second kappa shape index (κ2) is 9.01. The summed E-state index contributed by atoms with van der Waals surface area (Å²) in [6, 6.07) is 18.4. The first-order valence-electron chi connectivity index (χ1n) is 9.91. The van der Waals surface area contributed by atoms with Gasteiger partial charge < -0.3 is 10.2 Å². The third-order valence-electron chi connectivity index (χ3n) is 4.92. The van der Waals surface area contributed by atoms with Gasteiger partial charge in [0, 0.05) is 24.0 Å². The number of nitrogens with zero attached hydrogens (tertiary/aromatic N) is 2. The van der Waals surface area contributed by atoms with E-state index in [0.29, 0.717) is 5.56 Å². The number of benzene rings is 2. The Morgan fingerprint density at radius 2 is 1.72 bits per heavy atom. The van der Waals surface area contributed by atoms with E-state index in [0.717, 1.165) is 34.5 Å². The van der Waals surface area contributed by atoms with E-state index in [1.165, 1.54) is 5.56 Å². The average Bonchev–Trinajstić information content (AvgIpc) is 2.68. The van der Waals surface area contributed by atoms with E-state index >= 15 is 0 Å². The lowest BCUT2D eigenvalue weighted by atomic mass is 9.98. The van der Waals surface area contributed by atoms with Gasteiger partial charge in [0.05, 0.1) is 6.04 Å². The number of aromatic nitrogens is 1. The Morgan fingerprint density at radius 3 is 2.34 bits per heavy atom. The lowest BCUT2D eigenvalue weighted by molar-refractivity contribution is 0.0939. The molecule has 4 nitrogen and oxygen atoms in total. The van der Waals surface area contributed by atoms with Crippen LogP contribution in [0.25, 0.3) is 11.1 Å². The summed E-state index contributed by atoms with van der Waals surface area (Å²) in [5, 5.41) is 3.11. The standard InChI is InChI=1S/C25H29N3O/c1-17-6-9-21(10-7-17)23-12-20(16-28(4)5)13-24(14-23)25(29)27-19(3)22-11-8-18(2)26-15-22/h6-15,19H,16H2,1-5H3,(H,27,29)/t19-/m1/s1. The lowest BCUT2D eigenvalue weighted by Gasteiger charge is -2.17. The number of hydrogen-bond acceptors (Lipinski definition) is 3. The Kier molecular flexibility index (Phi) is 6.45. The van der Waals surface area contributed by atoms with Gasteiger partial charge in [0.25, 0.3) is 5.91 Å². The molecule has 29 heavy (non-hydrogen) atoms. The number of hydrogen-bond donors (Lipinski definition) is 1. The van der Waals surface area contributed by atoms with Gasteiger partial charge in [0.15, 0.2) is 0 Å². The molecule has 0 radical (unpaired) electrons. The zero-order chi connectivity index (χ0) is 21.0. The maximum absolute atomic E-state index is 13.0. The molecule has 2 aromatic carbocycles. The topological polar surface area (TPSA) is 45.2 Å². The van der Waals surface area contributed by atoms with Crippen molar-refractivity contribution in [3.05, 3.63) is 88.7 Å². The third-order valence-corrected chi connectivity index (χ3v) is 4.92. The van der Waals surface area contributed by atoms with Gasteiger partial charge in [-0.15, -0.1) is 0 Å². The second-order valence-electron chi connectivity index (χ2n) is 7.95. The van der Waals surface area contributed by atoms with Gasteiger partial charge in [-0.05, 0) is 81.4 Å². The SMILES string of the molecule is Cc1ccc(-c2cc(CN(C)C)cc(C(=O)N[C@H](C)c3ccc(C)nc3)c2)cc1. The Balaban J connectivity index is 1.89. The van der Waals surface area contributed by atoms with Gasteiger partial charge in [-0.1, -0.05) is 35.9 Å². The third kappa shape index (κ3) is 5.52. The summed E-state index contributed by atoms with van der Waals surface area (Å²) in [6.45, 7) is 6.79. The molecule has 0 saturated heterocycles. The van der Waals surface area contributed by atoms with Crippen LogP contribution in [-0.4, -0.2) is 29.9 Å². The average molecular weight is 388 g/mol. The molecule has 0 aliphatic rings. The van der Waals surface area contributed by atoms with Crippen LogP contribution in [0.4, 0.5) is 0 Å². The quantitative estimate of drug-likeness (QED) is 0.653. The molecule has 150 valence electrons. The minimum Gasteiger partial charge on any atom is -0.345 e. The number of aryl methyl sites for hydroxylation is 2. The summed E-state index contributed by atoms with van der Waals surface area (Å²) >= 11 is 0. The van der Waals surface area contributed by atoms with Gasteiger partial charge in [-0.25, -0.2) is 0 Å².